The third-order valence-electron chi connectivity index (χ3n) is 4.91. The maximum absolute atomic E-state index is 13.0. The fraction of sp³-hybridized carbons (Fsp3) is 0.292. The van der Waals surface area contributed by atoms with Gasteiger partial charge < -0.3 is 14.1 Å². The van der Waals surface area contributed by atoms with Crippen LogP contribution in [-0.4, -0.2) is 35.4 Å². The molecule has 1 aromatic heterocycles. The van der Waals surface area contributed by atoms with E-state index in [4.69, 9.17) is 20.8 Å². The predicted molar refractivity (Wildman–Crippen MR) is 118 cm³/mol. The fourth-order valence-electron chi connectivity index (χ4n) is 3.25. The summed E-state index contributed by atoms with van der Waals surface area (Å²) in [6.07, 6.45) is 2.17. The SMILES string of the molecule is COC(=O)[C@@H](C)CN(Cc1ccccc1)C(=O)CCc1ncc(-c2ccccc2Cl)o1. The number of esters is 1. The number of aryl methyl sites for hydroxylation is 1. The molecule has 0 saturated carbocycles. The zero-order chi connectivity index (χ0) is 22.2. The molecule has 0 bridgehead atoms. The third kappa shape index (κ3) is 6.18. The van der Waals surface area contributed by atoms with Crippen LogP contribution in [0, 0.1) is 5.92 Å². The van der Waals surface area contributed by atoms with Crippen LogP contribution in [0.15, 0.2) is 65.2 Å². The van der Waals surface area contributed by atoms with Gasteiger partial charge in [0.15, 0.2) is 11.7 Å². The highest BCUT2D eigenvalue weighted by molar-refractivity contribution is 6.33. The first-order valence-corrected chi connectivity index (χ1v) is 10.4. The van der Waals surface area contributed by atoms with Crippen LogP contribution in [0.2, 0.25) is 5.02 Å². The van der Waals surface area contributed by atoms with Crippen molar-refractivity contribution in [3.63, 3.8) is 0 Å². The minimum absolute atomic E-state index is 0.0860. The molecule has 1 atom stereocenters. The largest absolute Gasteiger partial charge is 0.469 e. The van der Waals surface area contributed by atoms with E-state index in [1.54, 1.807) is 24.1 Å². The Hall–Kier alpha value is -3.12. The molecule has 1 amide bonds. The highest BCUT2D eigenvalue weighted by Gasteiger charge is 2.22. The quantitative estimate of drug-likeness (QED) is 0.448. The van der Waals surface area contributed by atoms with E-state index in [1.807, 2.05) is 48.5 Å². The highest BCUT2D eigenvalue weighted by atomic mass is 35.5. The molecule has 0 aliphatic carbocycles. The lowest BCUT2D eigenvalue weighted by atomic mass is 10.1. The molecule has 0 aliphatic rings. The van der Waals surface area contributed by atoms with Crippen LogP contribution in [0.3, 0.4) is 0 Å². The summed E-state index contributed by atoms with van der Waals surface area (Å²) in [4.78, 5) is 30.8. The van der Waals surface area contributed by atoms with Crippen LogP contribution in [0.4, 0.5) is 0 Å². The van der Waals surface area contributed by atoms with E-state index in [2.05, 4.69) is 4.98 Å². The van der Waals surface area contributed by atoms with Gasteiger partial charge in [-0.1, -0.05) is 61.0 Å². The number of aromatic nitrogens is 1. The van der Waals surface area contributed by atoms with Crippen LogP contribution < -0.4 is 0 Å². The molecule has 2 aromatic carbocycles. The second-order valence-corrected chi connectivity index (χ2v) is 7.69. The van der Waals surface area contributed by atoms with E-state index < -0.39 is 5.92 Å². The van der Waals surface area contributed by atoms with Gasteiger partial charge in [-0.15, -0.1) is 0 Å². The number of carbonyl (C=O) groups is 2. The number of halogens is 1. The van der Waals surface area contributed by atoms with Crippen molar-refractivity contribution in [1.82, 2.24) is 9.88 Å². The van der Waals surface area contributed by atoms with Gasteiger partial charge in [-0.05, 0) is 17.7 Å². The van der Waals surface area contributed by atoms with Crippen molar-refractivity contribution < 1.29 is 18.7 Å². The van der Waals surface area contributed by atoms with Gasteiger partial charge in [-0.25, -0.2) is 4.98 Å². The van der Waals surface area contributed by atoms with Crippen molar-refractivity contribution in [2.45, 2.75) is 26.3 Å². The Balaban J connectivity index is 1.67. The summed E-state index contributed by atoms with van der Waals surface area (Å²) >= 11 is 6.21. The number of carbonyl (C=O) groups excluding carboxylic acids is 2. The normalized spacial score (nSPS) is 11.7. The standard InChI is InChI=1S/C24H25ClN2O4/c1-17(24(29)30-2)15-27(16-18-8-4-3-5-9-18)23(28)13-12-22-26-14-21(31-22)19-10-6-7-11-20(19)25/h3-11,14,17H,12-13,15-16H2,1-2H3/t17-/m0/s1. The van der Waals surface area contributed by atoms with Gasteiger partial charge in [0.1, 0.15) is 0 Å². The Labute approximate surface area is 186 Å². The summed E-state index contributed by atoms with van der Waals surface area (Å²) in [5, 5.41) is 0.576. The maximum atomic E-state index is 13.0. The first kappa shape index (κ1) is 22.6. The molecule has 0 saturated heterocycles. The van der Waals surface area contributed by atoms with Crippen molar-refractivity contribution >= 4 is 23.5 Å². The second-order valence-electron chi connectivity index (χ2n) is 7.28. The van der Waals surface area contributed by atoms with Gasteiger partial charge in [0.25, 0.3) is 0 Å². The van der Waals surface area contributed by atoms with E-state index in [1.165, 1.54) is 7.11 Å². The van der Waals surface area contributed by atoms with Crippen molar-refractivity contribution in [2.24, 2.45) is 5.92 Å². The van der Waals surface area contributed by atoms with E-state index in [0.717, 1.165) is 11.1 Å². The van der Waals surface area contributed by atoms with Gasteiger partial charge >= 0.3 is 5.97 Å². The molecule has 3 aromatic rings. The fourth-order valence-corrected chi connectivity index (χ4v) is 3.48. The molecule has 3 rings (SSSR count). The van der Waals surface area contributed by atoms with Crippen LogP contribution in [0.5, 0.6) is 0 Å². The predicted octanol–water partition coefficient (Wildman–Crippen LogP) is 4.77. The molecular weight excluding hydrogens is 416 g/mol. The molecular formula is C24H25ClN2O4. The molecule has 6 nitrogen and oxygen atoms in total. The lowest BCUT2D eigenvalue weighted by Gasteiger charge is -2.25. The molecule has 0 unspecified atom stereocenters. The monoisotopic (exact) mass is 440 g/mol. The molecule has 1 heterocycles. The Morgan fingerprint density at radius 3 is 2.55 bits per heavy atom. The molecule has 0 fully saturated rings. The number of ether oxygens (including phenoxy) is 1. The molecule has 0 spiro atoms. The molecule has 31 heavy (non-hydrogen) atoms. The smallest absolute Gasteiger partial charge is 0.310 e. The van der Waals surface area contributed by atoms with Crippen LogP contribution in [-0.2, 0) is 27.3 Å². The van der Waals surface area contributed by atoms with Crippen molar-refractivity contribution in [2.75, 3.05) is 13.7 Å². The average Bonchev–Trinajstić information content (AvgIpc) is 3.26. The Bertz CT molecular complexity index is 1020. The lowest BCUT2D eigenvalue weighted by molar-refractivity contribution is -0.146. The molecule has 162 valence electrons. The third-order valence-corrected chi connectivity index (χ3v) is 5.24. The van der Waals surface area contributed by atoms with Crippen molar-refractivity contribution in [3.8, 4) is 11.3 Å². The second kappa shape index (κ2) is 10.8. The van der Waals surface area contributed by atoms with Crippen LogP contribution in [0.25, 0.3) is 11.3 Å². The van der Waals surface area contributed by atoms with Crippen LogP contribution in [0.1, 0.15) is 24.8 Å². The van der Waals surface area contributed by atoms with Gasteiger partial charge in [0.2, 0.25) is 5.91 Å². The highest BCUT2D eigenvalue weighted by Crippen LogP contribution is 2.28. The van der Waals surface area contributed by atoms with E-state index in [-0.39, 0.29) is 24.8 Å². The topological polar surface area (TPSA) is 72.6 Å². The van der Waals surface area contributed by atoms with Crippen LogP contribution >= 0.6 is 11.6 Å². The summed E-state index contributed by atoms with van der Waals surface area (Å²) < 4.78 is 10.6. The number of oxazole rings is 1. The Morgan fingerprint density at radius 2 is 1.84 bits per heavy atom. The summed E-state index contributed by atoms with van der Waals surface area (Å²) in [6, 6.07) is 17.0. The number of hydrogen-bond donors (Lipinski definition) is 0. The van der Waals surface area contributed by atoms with E-state index >= 15 is 0 Å². The van der Waals surface area contributed by atoms with Gasteiger partial charge in [-0.2, -0.15) is 0 Å². The number of benzene rings is 2. The first-order valence-electron chi connectivity index (χ1n) is 10.1. The summed E-state index contributed by atoms with van der Waals surface area (Å²) in [5.41, 5.74) is 1.75. The summed E-state index contributed by atoms with van der Waals surface area (Å²) in [6.45, 7) is 2.44. The summed E-state index contributed by atoms with van der Waals surface area (Å²) in [7, 11) is 1.35. The number of hydrogen-bond acceptors (Lipinski definition) is 5. The maximum Gasteiger partial charge on any atom is 0.310 e. The number of rotatable bonds is 9. The number of methoxy groups -OCH3 is 1. The molecule has 0 aliphatic heterocycles. The lowest BCUT2D eigenvalue weighted by Crippen LogP contribution is -2.37. The van der Waals surface area contributed by atoms with Gasteiger partial charge in [-0.3, -0.25) is 9.59 Å². The zero-order valence-electron chi connectivity index (χ0n) is 17.6. The molecule has 0 N–H and O–H groups in total. The molecule has 0 radical (unpaired) electrons. The Morgan fingerprint density at radius 1 is 1.13 bits per heavy atom. The summed E-state index contributed by atoms with van der Waals surface area (Å²) in [5.74, 6) is 0.170. The van der Waals surface area contributed by atoms with E-state index in [0.29, 0.717) is 29.6 Å². The zero-order valence-corrected chi connectivity index (χ0v) is 18.3. The van der Waals surface area contributed by atoms with Gasteiger partial charge in [0, 0.05) is 31.5 Å². The first-order chi connectivity index (χ1) is 15.0. The minimum atomic E-state index is -0.425. The van der Waals surface area contributed by atoms with E-state index in [9.17, 15) is 9.59 Å². The minimum Gasteiger partial charge on any atom is -0.469 e. The van der Waals surface area contributed by atoms with Gasteiger partial charge in [0.05, 0.1) is 24.2 Å². The average molecular weight is 441 g/mol. The Kier molecular flexibility index (Phi) is 7.84. The number of nitrogens with zero attached hydrogens (tertiary/aromatic N) is 2. The van der Waals surface area contributed by atoms with Crippen molar-refractivity contribution in [1.29, 1.82) is 0 Å². The number of amides is 1. The molecule has 7 heteroatoms. The van der Waals surface area contributed by atoms with Crippen molar-refractivity contribution in [3.05, 3.63) is 77.3 Å².